The predicted octanol–water partition coefficient (Wildman–Crippen LogP) is 3.11. The first-order valence-electron chi connectivity index (χ1n) is 15.1. The van der Waals surface area contributed by atoms with Crippen molar-refractivity contribution in [2.75, 3.05) is 19.7 Å². The van der Waals surface area contributed by atoms with Crippen LogP contribution in [0.3, 0.4) is 0 Å². The molecule has 1 aliphatic heterocycles. The zero-order valence-electron chi connectivity index (χ0n) is 24.5. The van der Waals surface area contributed by atoms with Gasteiger partial charge < -0.3 is 20.5 Å². The van der Waals surface area contributed by atoms with Gasteiger partial charge in [-0.3, -0.25) is 23.9 Å². The standard InChI is InChI=1S/C33H37N5O6/c39-21-23-15-16-29(44-23)38-20-22(31(41)37-33(38)43)19-28(40)34-17-9-3-1-2-4-10-18-35-32(42)30-24-11-5-7-13-26(24)36-27-14-8-6-12-25(27)30/h5-8,11-16,20,23,29,39H,1-4,9-10,17-19,21H2,(H,34,40)(H,35,42)(H,37,41,43)/t23-,29+/m0/s1. The maximum atomic E-state index is 13.2. The summed E-state index contributed by atoms with van der Waals surface area (Å²) in [5.41, 5.74) is 1.17. The van der Waals surface area contributed by atoms with Crippen LogP contribution in [-0.2, 0) is 16.0 Å². The van der Waals surface area contributed by atoms with Crippen LogP contribution in [0.25, 0.3) is 21.8 Å². The van der Waals surface area contributed by atoms with E-state index in [4.69, 9.17) is 4.74 Å². The Labute approximate surface area is 254 Å². The van der Waals surface area contributed by atoms with Gasteiger partial charge in [0.1, 0.15) is 6.10 Å². The minimum atomic E-state index is -0.753. The van der Waals surface area contributed by atoms with Gasteiger partial charge in [-0.25, -0.2) is 9.78 Å². The van der Waals surface area contributed by atoms with Crippen LogP contribution in [0.15, 0.2) is 76.5 Å². The summed E-state index contributed by atoms with van der Waals surface area (Å²) < 4.78 is 6.73. The van der Waals surface area contributed by atoms with E-state index in [9.17, 15) is 24.3 Å². The van der Waals surface area contributed by atoms with E-state index in [1.165, 1.54) is 10.8 Å². The van der Waals surface area contributed by atoms with E-state index in [0.717, 1.165) is 60.3 Å². The summed E-state index contributed by atoms with van der Waals surface area (Å²) in [4.78, 5) is 56.9. The molecule has 0 radical (unpaired) electrons. The van der Waals surface area contributed by atoms with Crippen LogP contribution in [0.5, 0.6) is 0 Å². The molecule has 4 N–H and O–H groups in total. The summed E-state index contributed by atoms with van der Waals surface area (Å²) in [7, 11) is 0. The quantitative estimate of drug-likeness (QED) is 0.0986. The number of aliphatic hydroxyl groups is 1. The summed E-state index contributed by atoms with van der Waals surface area (Å²) in [6.45, 7) is 0.867. The van der Waals surface area contributed by atoms with Gasteiger partial charge >= 0.3 is 5.69 Å². The number of pyridine rings is 1. The van der Waals surface area contributed by atoms with Crippen LogP contribution in [-0.4, -0.2) is 57.3 Å². The molecular weight excluding hydrogens is 562 g/mol. The smallest absolute Gasteiger partial charge is 0.330 e. The lowest BCUT2D eigenvalue weighted by Gasteiger charge is -2.15. The minimum absolute atomic E-state index is 0.0876. The van der Waals surface area contributed by atoms with Crippen LogP contribution in [0.1, 0.15) is 60.7 Å². The lowest BCUT2D eigenvalue weighted by atomic mass is 10.0. The van der Waals surface area contributed by atoms with Gasteiger partial charge in [-0.05, 0) is 31.1 Å². The number of hydrogen-bond acceptors (Lipinski definition) is 7. The van der Waals surface area contributed by atoms with Crippen molar-refractivity contribution < 1.29 is 19.4 Å². The summed E-state index contributed by atoms with van der Waals surface area (Å²) >= 11 is 0. The van der Waals surface area contributed by atoms with Crippen molar-refractivity contribution in [1.29, 1.82) is 0 Å². The predicted molar refractivity (Wildman–Crippen MR) is 167 cm³/mol. The minimum Gasteiger partial charge on any atom is -0.393 e. The van der Waals surface area contributed by atoms with E-state index < -0.39 is 23.6 Å². The lowest BCUT2D eigenvalue weighted by molar-refractivity contribution is -0.120. The number of fused-ring (bicyclic) bond motifs is 2. The number of aliphatic hydroxyl groups excluding tert-OH is 1. The lowest BCUT2D eigenvalue weighted by Crippen LogP contribution is -2.36. The van der Waals surface area contributed by atoms with E-state index in [-0.39, 0.29) is 30.4 Å². The number of para-hydroxylation sites is 2. The van der Waals surface area contributed by atoms with Crippen molar-refractivity contribution in [1.82, 2.24) is 25.2 Å². The first-order chi connectivity index (χ1) is 21.4. The van der Waals surface area contributed by atoms with Crippen molar-refractivity contribution in [2.24, 2.45) is 0 Å². The molecule has 11 nitrogen and oxygen atoms in total. The van der Waals surface area contributed by atoms with Gasteiger partial charge in [0.25, 0.3) is 11.5 Å². The fourth-order valence-corrected chi connectivity index (χ4v) is 5.39. The molecule has 0 fully saturated rings. The van der Waals surface area contributed by atoms with E-state index in [1.807, 2.05) is 48.5 Å². The molecule has 2 amide bonds. The Kier molecular flexibility index (Phi) is 10.3. The number of unbranched alkanes of at least 4 members (excludes halogenated alkanes) is 5. The SMILES string of the molecule is O=C(Cc1cn([C@H]2C=C[C@@H](CO)O2)c(=O)[nH]c1=O)NCCCCCCCCNC(=O)c1c2ccccc2nc2ccccc12. The molecular formula is C33H37N5O6. The van der Waals surface area contributed by atoms with Gasteiger partial charge in [-0.15, -0.1) is 0 Å². The molecule has 0 unspecified atom stereocenters. The highest BCUT2D eigenvalue weighted by molar-refractivity contribution is 6.16. The van der Waals surface area contributed by atoms with Crippen molar-refractivity contribution in [3.05, 3.63) is 98.8 Å². The molecule has 11 heteroatoms. The number of amides is 2. The van der Waals surface area contributed by atoms with Crippen molar-refractivity contribution in [2.45, 2.75) is 57.3 Å². The number of hydrogen-bond donors (Lipinski definition) is 4. The molecule has 44 heavy (non-hydrogen) atoms. The molecule has 230 valence electrons. The summed E-state index contributed by atoms with van der Waals surface area (Å²) in [6, 6.07) is 15.4. The third kappa shape index (κ3) is 7.47. The van der Waals surface area contributed by atoms with Gasteiger partial charge in [0.05, 0.1) is 29.6 Å². The number of carbonyl (C=O) groups is 2. The molecule has 1 aliphatic rings. The normalized spacial score (nSPS) is 16.0. The van der Waals surface area contributed by atoms with Crippen molar-refractivity contribution in [3.8, 4) is 0 Å². The number of rotatable bonds is 14. The molecule has 5 rings (SSSR count). The summed E-state index contributed by atoms with van der Waals surface area (Å²) in [5.74, 6) is -0.391. The highest BCUT2D eigenvalue weighted by atomic mass is 16.5. The van der Waals surface area contributed by atoms with Crippen LogP contribution < -0.4 is 21.9 Å². The Morgan fingerprint density at radius 3 is 2.11 bits per heavy atom. The molecule has 0 saturated heterocycles. The topological polar surface area (TPSA) is 155 Å². The zero-order valence-corrected chi connectivity index (χ0v) is 24.5. The number of nitrogens with zero attached hydrogens (tertiary/aromatic N) is 2. The van der Waals surface area contributed by atoms with E-state index in [1.54, 1.807) is 12.2 Å². The average molecular weight is 600 g/mol. The number of aromatic nitrogens is 3. The highest BCUT2D eigenvalue weighted by Gasteiger charge is 2.22. The monoisotopic (exact) mass is 599 g/mol. The Morgan fingerprint density at radius 2 is 1.48 bits per heavy atom. The Balaban J connectivity index is 0.982. The van der Waals surface area contributed by atoms with Gasteiger partial charge in [-0.1, -0.05) is 68.2 Å². The maximum absolute atomic E-state index is 13.2. The van der Waals surface area contributed by atoms with Gasteiger partial charge in [0.15, 0.2) is 6.23 Å². The summed E-state index contributed by atoms with van der Waals surface area (Å²) in [5, 5.41) is 16.8. The second-order valence-electron chi connectivity index (χ2n) is 10.9. The third-order valence-electron chi connectivity index (χ3n) is 7.68. The fraction of sp³-hybridized carbons (Fsp3) is 0.364. The molecule has 0 saturated carbocycles. The molecule has 0 bridgehead atoms. The van der Waals surface area contributed by atoms with Crippen molar-refractivity contribution >= 4 is 33.6 Å². The molecule has 0 aliphatic carbocycles. The number of carbonyl (C=O) groups excluding carboxylic acids is 2. The number of H-pyrrole nitrogens is 1. The highest BCUT2D eigenvalue weighted by Crippen LogP contribution is 2.26. The van der Waals surface area contributed by atoms with Gasteiger partial charge in [0.2, 0.25) is 5.91 Å². The summed E-state index contributed by atoms with van der Waals surface area (Å²) in [6.07, 6.45) is 8.81. The number of ether oxygens (including phenoxy) is 1. The molecule has 2 aromatic heterocycles. The van der Waals surface area contributed by atoms with E-state index in [0.29, 0.717) is 18.7 Å². The first-order valence-corrected chi connectivity index (χ1v) is 15.1. The largest absolute Gasteiger partial charge is 0.393 e. The Bertz CT molecular complexity index is 1720. The third-order valence-corrected chi connectivity index (χ3v) is 7.68. The maximum Gasteiger partial charge on any atom is 0.330 e. The second kappa shape index (κ2) is 14.7. The first kappa shape index (κ1) is 30.8. The van der Waals surface area contributed by atoms with E-state index >= 15 is 0 Å². The zero-order chi connectivity index (χ0) is 30.9. The van der Waals surface area contributed by atoms with Crippen LogP contribution >= 0.6 is 0 Å². The van der Waals surface area contributed by atoms with E-state index in [2.05, 4.69) is 20.6 Å². The van der Waals surface area contributed by atoms with Crippen LogP contribution in [0.2, 0.25) is 0 Å². The molecule has 2 aromatic carbocycles. The molecule has 2 atom stereocenters. The molecule has 4 aromatic rings. The fourth-order valence-electron chi connectivity index (χ4n) is 5.39. The van der Waals surface area contributed by atoms with Crippen molar-refractivity contribution in [3.63, 3.8) is 0 Å². The van der Waals surface area contributed by atoms with Gasteiger partial charge in [-0.2, -0.15) is 0 Å². The number of aromatic amines is 1. The van der Waals surface area contributed by atoms with Gasteiger partial charge in [0, 0.05) is 35.6 Å². The Morgan fingerprint density at radius 1 is 0.864 bits per heavy atom. The second-order valence-corrected chi connectivity index (χ2v) is 10.9. The van der Waals surface area contributed by atoms with Crippen LogP contribution in [0, 0.1) is 0 Å². The Hall–Kier alpha value is -4.61. The number of benzene rings is 2. The molecule has 0 spiro atoms. The molecule has 3 heterocycles. The number of nitrogens with one attached hydrogen (secondary N) is 3. The average Bonchev–Trinajstić information content (AvgIpc) is 3.51. The van der Waals surface area contributed by atoms with Crippen LogP contribution in [0.4, 0.5) is 0 Å².